The van der Waals surface area contributed by atoms with Gasteiger partial charge in [0.15, 0.2) is 0 Å². The summed E-state index contributed by atoms with van der Waals surface area (Å²) >= 11 is 0. The Morgan fingerprint density at radius 3 is 2.42 bits per heavy atom. The molecule has 0 aromatic heterocycles. The van der Waals surface area contributed by atoms with Gasteiger partial charge in [-0.05, 0) is 73.8 Å². The number of halogens is 1. The number of rotatable bonds is 9. The number of anilines is 3. The van der Waals surface area contributed by atoms with E-state index in [1.54, 1.807) is 60.5 Å². The summed E-state index contributed by atoms with van der Waals surface area (Å²) in [4.78, 5) is 40.4. The summed E-state index contributed by atoms with van der Waals surface area (Å²) in [6.45, 7) is 0.647. The molecule has 0 bridgehead atoms. The lowest BCUT2D eigenvalue weighted by molar-refractivity contribution is -0.136. The van der Waals surface area contributed by atoms with Crippen molar-refractivity contribution in [2.24, 2.45) is 0 Å². The topological polar surface area (TPSA) is 102 Å². The largest absolute Gasteiger partial charge is 0.481 e. The molecule has 2 amide bonds. The number of hydrogen-bond acceptors (Lipinski definition) is 5. The molecule has 0 radical (unpaired) electrons. The minimum atomic E-state index is -0.969. The van der Waals surface area contributed by atoms with E-state index in [1.165, 1.54) is 18.2 Å². The Hall–Kier alpha value is -4.50. The lowest BCUT2D eigenvalue weighted by Crippen LogP contribution is -2.29. The molecule has 0 spiro atoms. The summed E-state index contributed by atoms with van der Waals surface area (Å²) in [5.41, 5.74) is 4.20. The van der Waals surface area contributed by atoms with Gasteiger partial charge in [-0.3, -0.25) is 14.4 Å². The second-order valence-electron chi connectivity index (χ2n) is 9.34. The van der Waals surface area contributed by atoms with E-state index >= 15 is 0 Å². The number of fused-ring (bicyclic) bond motifs is 1. The first-order valence-corrected chi connectivity index (χ1v) is 12.1. The van der Waals surface area contributed by atoms with E-state index in [0.717, 1.165) is 5.69 Å². The monoisotopic (exact) mass is 516 g/mol. The van der Waals surface area contributed by atoms with Crippen LogP contribution < -0.4 is 15.5 Å². The molecule has 0 aliphatic carbocycles. The van der Waals surface area contributed by atoms with E-state index in [2.05, 4.69) is 10.6 Å². The third kappa shape index (κ3) is 6.07. The lowest BCUT2D eigenvalue weighted by atomic mass is 9.98. The van der Waals surface area contributed by atoms with Crippen LogP contribution in [0, 0.1) is 5.82 Å². The van der Waals surface area contributed by atoms with Crippen LogP contribution in [-0.4, -0.2) is 55.5 Å². The highest BCUT2D eigenvalue weighted by Gasteiger charge is 2.29. The van der Waals surface area contributed by atoms with Crippen LogP contribution in [0.25, 0.3) is 11.3 Å². The maximum Gasteiger partial charge on any atom is 0.307 e. The number of hydrogen-bond donors (Lipinski definition) is 3. The average Bonchev–Trinajstić information content (AvgIpc) is 3.19. The zero-order valence-corrected chi connectivity index (χ0v) is 21.4. The van der Waals surface area contributed by atoms with Crippen LogP contribution in [0.5, 0.6) is 0 Å². The number of carbonyl (C=O) groups is 3. The summed E-state index contributed by atoms with van der Waals surface area (Å²) in [6.07, 6.45) is 0.217. The minimum absolute atomic E-state index is 0.0103. The molecule has 0 atom stereocenters. The van der Waals surface area contributed by atoms with Gasteiger partial charge in [0.05, 0.1) is 23.4 Å². The van der Waals surface area contributed by atoms with Gasteiger partial charge in [0.25, 0.3) is 5.91 Å². The molecule has 0 fully saturated rings. The Balaban J connectivity index is 1.71. The number of benzene rings is 3. The second kappa shape index (κ2) is 11.3. The van der Waals surface area contributed by atoms with Crippen LogP contribution in [0.4, 0.5) is 21.5 Å². The van der Waals surface area contributed by atoms with Crippen molar-refractivity contribution in [2.75, 3.05) is 43.2 Å². The Morgan fingerprint density at radius 1 is 1.00 bits per heavy atom. The maximum absolute atomic E-state index is 13.8. The molecular weight excluding hydrogens is 487 g/mol. The Bertz CT molecular complexity index is 1420. The Labute approximate surface area is 220 Å². The molecule has 196 valence electrons. The van der Waals surface area contributed by atoms with Crippen LogP contribution in [0.3, 0.4) is 0 Å². The smallest absolute Gasteiger partial charge is 0.307 e. The van der Waals surface area contributed by atoms with Gasteiger partial charge in [0.1, 0.15) is 5.82 Å². The van der Waals surface area contributed by atoms with Gasteiger partial charge in [0, 0.05) is 37.0 Å². The Kier molecular flexibility index (Phi) is 7.87. The molecule has 3 N–H and O–H groups in total. The number of carboxylic acids is 1. The van der Waals surface area contributed by atoms with Crippen molar-refractivity contribution in [3.05, 3.63) is 89.2 Å². The minimum Gasteiger partial charge on any atom is -0.481 e. The van der Waals surface area contributed by atoms with E-state index in [9.17, 15) is 23.9 Å². The van der Waals surface area contributed by atoms with Crippen molar-refractivity contribution in [3.63, 3.8) is 0 Å². The highest BCUT2D eigenvalue weighted by Crippen LogP contribution is 2.38. The molecule has 4 rings (SSSR count). The van der Waals surface area contributed by atoms with Crippen molar-refractivity contribution in [2.45, 2.75) is 12.8 Å². The van der Waals surface area contributed by atoms with Crippen LogP contribution in [0.1, 0.15) is 23.1 Å². The van der Waals surface area contributed by atoms with Crippen molar-refractivity contribution >= 4 is 46.1 Å². The molecule has 1 heterocycles. The van der Waals surface area contributed by atoms with E-state index in [4.69, 9.17) is 0 Å². The summed E-state index contributed by atoms with van der Waals surface area (Å²) in [5.74, 6) is -1.85. The van der Waals surface area contributed by atoms with Gasteiger partial charge in [-0.1, -0.05) is 18.2 Å². The predicted molar refractivity (Wildman–Crippen MR) is 146 cm³/mol. The van der Waals surface area contributed by atoms with E-state index in [0.29, 0.717) is 52.3 Å². The first kappa shape index (κ1) is 26.6. The third-order valence-electron chi connectivity index (χ3n) is 6.22. The van der Waals surface area contributed by atoms with Gasteiger partial charge in [-0.2, -0.15) is 0 Å². The molecule has 38 heavy (non-hydrogen) atoms. The maximum atomic E-state index is 13.8. The fraction of sp³-hybridized carbons (Fsp3) is 0.207. The van der Waals surface area contributed by atoms with Gasteiger partial charge in [0.2, 0.25) is 5.91 Å². The Morgan fingerprint density at radius 2 is 1.74 bits per heavy atom. The summed E-state index contributed by atoms with van der Waals surface area (Å²) < 4.78 is 13.8. The molecular formula is C29H29FN4O4. The van der Waals surface area contributed by atoms with E-state index < -0.39 is 17.7 Å². The van der Waals surface area contributed by atoms with Crippen LogP contribution in [-0.2, 0) is 20.8 Å². The summed E-state index contributed by atoms with van der Waals surface area (Å²) in [6, 6.07) is 18.2. The molecule has 8 nitrogen and oxygen atoms in total. The zero-order valence-electron chi connectivity index (χ0n) is 21.4. The first-order valence-electron chi connectivity index (χ1n) is 12.1. The predicted octanol–water partition coefficient (Wildman–Crippen LogP) is 4.30. The molecule has 1 aliphatic heterocycles. The second-order valence-corrected chi connectivity index (χ2v) is 9.34. The van der Waals surface area contributed by atoms with Crippen molar-refractivity contribution in [3.8, 4) is 0 Å². The van der Waals surface area contributed by atoms with E-state index in [1.807, 2.05) is 19.0 Å². The SMILES string of the molecule is CN(C)CCC(=O)N(C)c1ccc(N/C(=C2\C(=O)Nc3cc(F)ccc32)c2cccc(CC(=O)O)c2)cc1. The molecule has 1 aliphatic rings. The highest BCUT2D eigenvalue weighted by molar-refractivity contribution is 6.37. The average molecular weight is 517 g/mol. The van der Waals surface area contributed by atoms with Crippen LogP contribution in [0.2, 0.25) is 0 Å². The molecule has 3 aromatic carbocycles. The fourth-order valence-electron chi connectivity index (χ4n) is 4.23. The first-order chi connectivity index (χ1) is 18.1. The van der Waals surface area contributed by atoms with Crippen molar-refractivity contribution in [1.82, 2.24) is 4.90 Å². The van der Waals surface area contributed by atoms with Crippen LogP contribution >= 0.6 is 0 Å². The standard InChI is InChI=1S/C29H29FN4O4/c1-33(2)14-13-25(35)34(3)22-10-8-21(9-11-22)31-28(19-6-4-5-18(15-19)16-26(36)37)27-23-12-7-20(30)17-24(23)32-29(27)38/h4-12,15,17,31H,13-14,16H2,1-3H3,(H,32,38)(H,36,37)/b28-27-. The summed E-state index contributed by atoms with van der Waals surface area (Å²) in [5, 5.41) is 15.3. The zero-order chi connectivity index (χ0) is 27.4. The number of amides is 2. The normalized spacial score (nSPS) is 13.7. The van der Waals surface area contributed by atoms with Gasteiger partial charge in [-0.15, -0.1) is 0 Å². The van der Waals surface area contributed by atoms with E-state index in [-0.39, 0.29) is 12.3 Å². The van der Waals surface area contributed by atoms with Gasteiger partial charge < -0.3 is 25.5 Å². The molecule has 0 saturated heterocycles. The van der Waals surface area contributed by atoms with Crippen molar-refractivity contribution in [1.29, 1.82) is 0 Å². The molecule has 0 saturated carbocycles. The van der Waals surface area contributed by atoms with Crippen LogP contribution in [0.15, 0.2) is 66.7 Å². The number of aliphatic carboxylic acids is 1. The van der Waals surface area contributed by atoms with Gasteiger partial charge >= 0.3 is 5.97 Å². The highest BCUT2D eigenvalue weighted by atomic mass is 19.1. The third-order valence-corrected chi connectivity index (χ3v) is 6.22. The molecule has 3 aromatic rings. The lowest BCUT2D eigenvalue weighted by Gasteiger charge is -2.20. The number of nitrogens with one attached hydrogen (secondary N) is 2. The molecule has 0 unspecified atom stereocenters. The number of nitrogens with zero attached hydrogens (tertiary/aromatic N) is 2. The number of carboxylic acid groups (broad SMARTS) is 1. The fourth-order valence-corrected chi connectivity index (χ4v) is 4.23. The molecule has 9 heteroatoms. The summed E-state index contributed by atoms with van der Waals surface area (Å²) in [7, 11) is 5.55. The van der Waals surface area contributed by atoms with Crippen molar-refractivity contribution < 1.29 is 23.9 Å². The number of carbonyl (C=O) groups excluding carboxylic acids is 2. The van der Waals surface area contributed by atoms with Gasteiger partial charge in [-0.25, -0.2) is 4.39 Å². The quantitative estimate of drug-likeness (QED) is 0.367.